The van der Waals surface area contributed by atoms with Crippen molar-refractivity contribution in [1.29, 1.82) is 0 Å². The molecule has 0 atom stereocenters. The molecule has 3 rings (SSSR count). The van der Waals surface area contributed by atoms with Crippen molar-refractivity contribution in [2.75, 3.05) is 5.32 Å². The molecule has 3 aromatic carbocycles. The van der Waals surface area contributed by atoms with Gasteiger partial charge in [-0.3, -0.25) is 9.59 Å². The molecule has 6 nitrogen and oxygen atoms in total. The Morgan fingerprint density at radius 1 is 0.968 bits per heavy atom. The standard InChI is InChI=1S/C22H16Cl2FN3O3/c23-17-7-4-8-18(24)16(17)13-31-15-6-3-5-14(11-15)12-26-28-22(30)21(29)27-20-10-2-1-9-19(20)25/h1-12H,13H2,(H,27,29)(H,28,30)/b26-12-. The van der Waals surface area contributed by atoms with E-state index in [9.17, 15) is 14.0 Å². The zero-order valence-electron chi connectivity index (χ0n) is 15.9. The molecule has 0 heterocycles. The number of nitrogens with one attached hydrogen (secondary N) is 2. The first-order valence-electron chi connectivity index (χ1n) is 8.98. The summed E-state index contributed by atoms with van der Waals surface area (Å²) in [6.45, 7) is 0.173. The highest BCUT2D eigenvalue weighted by Gasteiger charge is 2.14. The Balaban J connectivity index is 1.56. The quantitative estimate of drug-likeness (QED) is 0.315. The van der Waals surface area contributed by atoms with Gasteiger partial charge in [0.25, 0.3) is 0 Å². The minimum atomic E-state index is -1.05. The van der Waals surface area contributed by atoms with E-state index >= 15 is 0 Å². The number of hydrazone groups is 1. The molecule has 0 aliphatic carbocycles. The number of hydrogen-bond acceptors (Lipinski definition) is 4. The van der Waals surface area contributed by atoms with Crippen LogP contribution in [0.2, 0.25) is 10.0 Å². The van der Waals surface area contributed by atoms with Gasteiger partial charge in [-0.1, -0.05) is 53.5 Å². The highest BCUT2D eigenvalue weighted by atomic mass is 35.5. The monoisotopic (exact) mass is 459 g/mol. The third kappa shape index (κ3) is 6.28. The van der Waals surface area contributed by atoms with Crippen LogP contribution in [-0.2, 0) is 16.2 Å². The van der Waals surface area contributed by atoms with Crippen LogP contribution in [0, 0.1) is 5.82 Å². The molecular formula is C22H16Cl2FN3O3. The predicted octanol–water partition coefficient (Wildman–Crippen LogP) is 4.80. The van der Waals surface area contributed by atoms with E-state index in [1.165, 1.54) is 30.5 Å². The number of halogens is 3. The van der Waals surface area contributed by atoms with Gasteiger partial charge in [-0.2, -0.15) is 5.10 Å². The van der Waals surface area contributed by atoms with E-state index in [0.717, 1.165) is 0 Å². The summed E-state index contributed by atoms with van der Waals surface area (Å²) < 4.78 is 19.3. The minimum Gasteiger partial charge on any atom is -0.489 e. The zero-order chi connectivity index (χ0) is 22.2. The molecule has 3 aromatic rings. The van der Waals surface area contributed by atoms with Crippen LogP contribution < -0.4 is 15.5 Å². The molecule has 0 bridgehead atoms. The van der Waals surface area contributed by atoms with Crippen LogP contribution in [0.15, 0.2) is 71.8 Å². The van der Waals surface area contributed by atoms with Crippen molar-refractivity contribution in [2.24, 2.45) is 5.10 Å². The van der Waals surface area contributed by atoms with Crippen molar-refractivity contribution in [3.8, 4) is 5.75 Å². The van der Waals surface area contributed by atoms with Gasteiger partial charge in [-0.15, -0.1) is 0 Å². The summed E-state index contributed by atoms with van der Waals surface area (Å²) in [6, 6.07) is 17.6. The second-order valence-electron chi connectivity index (χ2n) is 6.19. The van der Waals surface area contributed by atoms with Gasteiger partial charge in [-0.05, 0) is 42.0 Å². The lowest BCUT2D eigenvalue weighted by Gasteiger charge is -2.09. The van der Waals surface area contributed by atoms with Gasteiger partial charge in [-0.25, -0.2) is 9.82 Å². The summed E-state index contributed by atoms with van der Waals surface area (Å²) in [6.07, 6.45) is 1.34. The van der Waals surface area contributed by atoms with Crippen LogP contribution in [-0.4, -0.2) is 18.0 Å². The number of para-hydroxylation sites is 1. The lowest BCUT2D eigenvalue weighted by atomic mass is 10.2. The first-order chi connectivity index (χ1) is 14.9. The fourth-order valence-electron chi connectivity index (χ4n) is 2.47. The molecule has 158 valence electrons. The summed E-state index contributed by atoms with van der Waals surface area (Å²) in [5, 5.41) is 6.91. The van der Waals surface area contributed by atoms with E-state index in [0.29, 0.717) is 26.9 Å². The van der Waals surface area contributed by atoms with Crippen molar-refractivity contribution in [2.45, 2.75) is 6.61 Å². The highest BCUT2D eigenvalue weighted by molar-refractivity contribution is 6.39. The van der Waals surface area contributed by atoms with Crippen LogP contribution in [0.4, 0.5) is 10.1 Å². The van der Waals surface area contributed by atoms with Crippen molar-refractivity contribution in [3.63, 3.8) is 0 Å². The Bertz CT molecular complexity index is 1120. The Morgan fingerprint density at radius 3 is 2.42 bits per heavy atom. The van der Waals surface area contributed by atoms with Gasteiger partial charge in [0.05, 0.1) is 11.9 Å². The van der Waals surface area contributed by atoms with E-state index in [-0.39, 0.29) is 12.3 Å². The maximum Gasteiger partial charge on any atom is 0.329 e. The molecule has 0 unspecified atom stereocenters. The van der Waals surface area contributed by atoms with E-state index < -0.39 is 17.6 Å². The Labute approximate surface area is 187 Å². The number of nitrogens with zero attached hydrogens (tertiary/aromatic N) is 1. The molecule has 2 N–H and O–H groups in total. The number of rotatable bonds is 6. The topological polar surface area (TPSA) is 79.8 Å². The maximum absolute atomic E-state index is 13.5. The number of hydrogen-bond donors (Lipinski definition) is 2. The van der Waals surface area contributed by atoms with E-state index in [1.807, 2.05) is 0 Å². The van der Waals surface area contributed by atoms with Crippen molar-refractivity contribution in [1.82, 2.24) is 5.43 Å². The van der Waals surface area contributed by atoms with Crippen LogP contribution in [0.1, 0.15) is 11.1 Å². The van der Waals surface area contributed by atoms with Crippen LogP contribution in [0.5, 0.6) is 5.75 Å². The maximum atomic E-state index is 13.5. The van der Waals surface area contributed by atoms with E-state index in [4.69, 9.17) is 27.9 Å². The van der Waals surface area contributed by atoms with Crippen LogP contribution in [0.25, 0.3) is 0 Å². The molecule has 0 spiro atoms. The third-order valence-corrected chi connectivity index (χ3v) is 4.72. The van der Waals surface area contributed by atoms with Gasteiger partial charge >= 0.3 is 11.8 Å². The normalized spacial score (nSPS) is 10.7. The lowest BCUT2D eigenvalue weighted by molar-refractivity contribution is -0.136. The van der Waals surface area contributed by atoms with Crippen molar-refractivity contribution >= 4 is 46.9 Å². The van der Waals surface area contributed by atoms with Gasteiger partial charge in [0.2, 0.25) is 0 Å². The van der Waals surface area contributed by atoms with E-state index in [2.05, 4.69) is 15.8 Å². The molecule has 0 saturated heterocycles. The smallest absolute Gasteiger partial charge is 0.329 e. The Kier molecular flexibility index (Phi) is 7.59. The fraction of sp³-hybridized carbons (Fsp3) is 0.0455. The predicted molar refractivity (Wildman–Crippen MR) is 118 cm³/mol. The van der Waals surface area contributed by atoms with Gasteiger partial charge in [0.15, 0.2) is 0 Å². The Hall–Kier alpha value is -3.42. The second kappa shape index (κ2) is 10.6. The van der Waals surface area contributed by atoms with Gasteiger partial charge in [0.1, 0.15) is 18.2 Å². The summed E-state index contributed by atoms with van der Waals surface area (Å²) in [4.78, 5) is 23.7. The fourth-order valence-corrected chi connectivity index (χ4v) is 2.97. The number of carbonyl (C=O) groups is 2. The van der Waals surface area contributed by atoms with Gasteiger partial charge in [0, 0.05) is 15.6 Å². The number of carbonyl (C=O) groups excluding carboxylic acids is 2. The highest BCUT2D eigenvalue weighted by Crippen LogP contribution is 2.26. The molecule has 0 aliphatic heterocycles. The van der Waals surface area contributed by atoms with E-state index in [1.54, 1.807) is 42.5 Å². The average Bonchev–Trinajstić information content (AvgIpc) is 2.75. The largest absolute Gasteiger partial charge is 0.489 e. The van der Waals surface area contributed by atoms with Crippen LogP contribution in [0.3, 0.4) is 0 Å². The summed E-state index contributed by atoms with van der Waals surface area (Å²) in [7, 11) is 0. The van der Waals surface area contributed by atoms with Gasteiger partial charge < -0.3 is 10.1 Å². The van der Waals surface area contributed by atoms with Crippen molar-refractivity contribution < 1.29 is 18.7 Å². The molecule has 0 radical (unpaired) electrons. The second-order valence-corrected chi connectivity index (χ2v) is 7.01. The molecule has 2 amide bonds. The molecule has 0 aliphatic rings. The minimum absolute atomic E-state index is 0.102. The SMILES string of the molecule is O=C(N/N=C\c1cccc(OCc2c(Cl)cccc2Cl)c1)C(=O)Nc1ccccc1F. The lowest BCUT2D eigenvalue weighted by Crippen LogP contribution is -2.32. The number of anilines is 1. The summed E-state index contributed by atoms with van der Waals surface area (Å²) in [5.41, 5.74) is 3.26. The van der Waals surface area contributed by atoms with Crippen molar-refractivity contribution in [3.05, 3.63) is 93.7 Å². The molecule has 0 fully saturated rings. The summed E-state index contributed by atoms with van der Waals surface area (Å²) in [5.74, 6) is -2.21. The first kappa shape index (κ1) is 22.3. The zero-order valence-corrected chi connectivity index (χ0v) is 17.5. The first-order valence-corrected chi connectivity index (χ1v) is 9.74. The summed E-state index contributed by atoms with van der Waals surface area (Å²) >= 11 is 12.3. The number of amides is 2. The molecule has 0 aromatic heterocycles. The molecule has 9 heteroatoms. The average molecular weight is 460 g/mol. The number of benzene rings is 3. The molecule has 0 saturated carbocycles. The number of ether oxygens (including phenoxy) is 1. The molecular weight excluding hydrogens is 444 g/mol. The Morgan fingerprint density at radius 2 is 1.68 bits per heavy atom. The van der Waals surface area contributed by atoms with Crippen LogP contribution >= 0.6 is 23.2 Å². The molecule has 31 heavy (non-hydrogen) atoms. The third-order valence-electron chi connectivity index (χ3n) is 4.01.